The fourth-order valence-corrected chi connectivity index (χ4v) is 4.23. The zero-order valence-electron chi connectivity index (χ0n) is 21.8. The first-order valence-corrected chi connectivity index (χ1v) is 14.1. The van der Waals surface area contributed by atoms with Crippen molar-refractivity contribution in [2.45, 2.75) is 161 Å². The van der Waals surface area contributed by atoms with Gasteiger partial charge in [-0.1, -0.05) is 115 Å². The van der Waals surface area contributed by atoms with Crippen molar-refractivity contribution >= 4 is 5.97 Å². The summed E-state index contributed by atoms with van der Waals surface area (Å²) in [4.78, 5) is 11.0. The SMILES string of the molecule is CCCCCCCCCC(O)CCCCCC/C=C\CCCCCCCCCC(=O)OC. The topological polar surface area (TPSA) is 46.5 Å². The molecule has 0 saturated heterocycles. The van der Waals surface area contributed by atoms with Gasteiger partial charge in [0.1, 0.15) is 0 Å². The molecule has 0 radical (unpaired) electrons. The number of unbranched alkanes of at least 4 members (excludes halogenated alkanes) is 17. The number of esters is 1. The molecule has 3 nitrogen and oxygen atoms in total. The molecule has 0 aromatic heterocycles. The van der Waals surface area contributed by atoms with Crippen LogP contribution in [0.15, 0.2) is 12.2 Å². The van der Waals surface area contributed by atoms with Crippen molar-refractivity contribution < 1.29 is 14.6 Å². The van der Waals surface area contributed by atoms with E-state index < -0.39 is 0 Å². The summed E-state index contributed by atoms with van der Waals surface area (Å²) in [5.74, 6) is -0.0790. The van der Waals surface area contributed by atoms with Gasteiger partial charge in [0.05, 0.1) is 13.2 Å². The zero-order valence-corrected chi connectivity index (χ0v) is 21.8. The lowest BCUT2D eigenvalue weighted by Crippen LogP contribution is -2.05. The Balaban J connectivity index is 3.22. The number of carbonyl (C=O) groups excluding carboxylic acids is 1. The Kier molecular flexibility index (Phi) is 25.7. The van der Waals surface area contributed by atoms with E-state index in [-0.39, 0.29) is 12.1 Å². The van der Waals surface area contributed by atoms with Crippen molar-refractivity contribution in [1.29, 1.82) is 0 Å². The Morgan fingerprint density at radius 2 is 1.06 bits per heavy atom. The molecule has 0 aromatic carbocycles. The molecule has 1 unspecified atom stereocenters. The minimum absolute atomic E-state index is 0.0644. The van der Waals surface area contributed by atoms with Crippen LogP contribution in [0.3, 0.4) is 0 Å². The predicted octanol–water partition coefficient (Wildman–Crippen LogP) is 9.07. The molecule has 0 bridgehead atoms. The number of allylic oxidation sites excluding steroid dienone is 2. The summed E-state index contributed by atoms with van der Waals surface area (Å²) < 4.78 is 4.65. The van der Waals surface area contributed by atoms with E-state index in [0.29, 0.717) is 6.42 Å². The highest BCUT2D eigenvalue weighted by Crippen LogP contribution is 2.14. The summed E-state index contributed by atoms with van der Waals surface area (Å²) in [6.45, 7) is 2.26. The second-order valence-corrected chi connectivity index (χ2v) is 9.62. The third-order valence-corrected chi connectivity index (χ3v) is 6.45. The van der Waals surface area contributed by atoms with Gasteiger partial charge in [-0.05, 0) is 44.9 Å². The van der Waals surface area contributed by atoms with Gasteiger partial charge in [0, 0.05) is 6.42 Å². The van der Waals surface area contributed by atoms with Crippen LogP contribution in [0.4, 0.5) is 0 Å². The number of rotatable bonds is 25. The average molecular weight is 453 g/mol. The normalized spacial score (nSPS) is 12.5. The summed E-state index contributed by atoms with van der Waals surface area (Å²) in [6, 6.07) is 0. The number of methoxy groups -OCH3 is 1. The second-order valence-electron chi connectivity index (χ2n) is 9.62. The van der Waals surface area contributed by atoms with Crippen molar-refractivity contribution in [3.63, 3.8) is 0 Å². The fraction of sp³-hybridized carbons (Fsp3) is 0.897. The highest BCUT2D eigenvalue weighted by molar-refractivity contribution is 5.68. The van der Waals surface area contributed by atoms with Crippen LogP contribution in [0.5, 0.6) is 0 Å². The van der Waals surface area contributed by atoms with E-state index in [2.05, 4.69) is 23.8 Å². The first-order valence-electron chi connectivity index (χ1n) is 14.1. The van der Waals surface area contributed by atoms with Gasteiger partial charge in [-0.15, -0.1) is 0 Å². The molecule has 3 heteroatoms. The minimum Gasteiger partial charge on any atom is -0.469 e. The van der Waals surface area contributed by atoms with Gasteiger partial charge in [0.15, 0.2) is 0 Å². The molecule has 0 aliphatic carbocycles. The summed E-state index contributed by atoms with van der Waals surface area (Å²) in [5, 5.41) is 10.1. The van der Waals surface area contributed by atoms with Crippen molar-refractivity contribution in [2.24, 2.45) is 0 Å². The Morgan fingerprint density at radius 1 is 0.656 bits per heavy atom. The molecule has 0 rings (SSSR count). The molecule has 0 aromatic rings. The van der Waals surface area contributed by atoms with Crippen molar-refractivity contribution in [1.82, 2.24) is 0 Å². The minimum atomic E-state index is -0.0790. The standard InChI is InChI=1S/C29H56O3/c1-3-4-5-6-16-19-22-25-28(30)26-23-20-17-14-12-10-8-7-9-11-13-15-18-21-24-27-29(31)32-2/h8,10,28,30H,3-7,9,11-27H2,1-2H3/b10-8-. The molecule has 0 spiro atoms. The highest BCUT2D eigenvalue weighted by Gasteiger charge is 2.03. The van der Waals surface area contributed by atoms with Gasteiger partial charge in [0.2, 0.25) is 0 Å². The average Bonchev–Trinajstić information content (AvgIpc) is 2.80. The highest BCUT2D eigenvalue weighted by atomic mass is 16.5. The van der Waals surface area contributed by atoms with Gasteiger partial charge in [-0.2, -0.15) is 0 Å². The Morgan fingerprint density at radius 3 is 1.53 bits per heavy atom. The second kappa shape index (κ2) is 26.4. The molecule has 0 fully saturated rings. The zero-order chi connectivity index (χ0) is 23.5. The predicted molar refractivity (Wildman–Crippen MR) is 139 cm³/mol. The monoisotopic (exact) mass is 452 g/mol. The Labute approximate surface area is 200 Å². The molecule has 0 saturated carbocycles. The molecule has 1 N–H and O–H groups in total. The first kappa shape index (κ1) is 31.2. The maximum absolute atomic E-state index is 11.0. The molecule has 32 heavy (non-hydrogen) atoms. The maximum Gasteiger partial charge on any atom is 0.305 e. The van der Waals surface area contributed by atoms with E-state index in [1.165, 1.54) is 123 Å². The van der Waals surface area contributed by atoms with Crippen LogP contribution >= 0.6 is 0 Å². The van der Waals surface area contributed by atoms with E-state index in [1.54, 1.807) is 0 Å². The largest absolute Gasteiger partial charge is 0.469 e. The summed E-state index contributed by atoms with van der Waals surface area (Å²) in [7, 11) is 1.46. The molecule has 190 valence electrons. The van der Waals surface area contributed by atoms with Crippen LogP contribution < -0.4 is 0 Å². The van der Waals surface area contributed by atoms with Gasteiger partial charge in [-0.3, -0.25) is 4.79 Å². The molecule has 1 atom stereocenters. The molecule has 0 heterocycles. The van der Waals surface area contributed by atoms with Crippen molar-refractivity contribution in [3.8, 4) is 0 Å². The third kappa shape index (κ3) is 25.4. The van der Waals surface area contributed by atoms with E-state index in [1.807, 2.05) is 0 Å². The number of aliphatic hydroxyl groups is 1. The maximum atomic E-state index is 11.0. The smallest absolute Gasteiger partial charge is 0.305 e. The van der Waals surface area contributed by atoms with Crippen LogP contribution in [-0.4, -0.2) is 24.3 Å². The van der Waals surface area contributed by atoms with Gasteiger partial charge >= 0.3 is 5.97 Å². The van der Waals surface area contributed by atoms with Crippen LogP contribution in [-0.2, 0) is 9.53 Å². The lowest BCUT2D eigenvalue weighted by atomic mass is 10.0. The molecule has 0 aliphatic heterocycles. The number of hydrogen-bond donors (Lipinski definition) is 1. The van der Waals surface area contributed by atoms with E-state index in [0.717, 1.165) is 25.7 Å². The van der Waals surface area contributed by atoms with E-state index >= 15 is 0 Å². The molecule has 0 aliphatic rings. The van der Waals surface area contributed by atoms with Crippen LogP contribution in [0.25, 0.3) is 0 Å². The van der Waals surface area contributed by atoms with Crippen molar-refractivity contribution in [2.75, 3.05) is 7.11 Å². The summed E-state index contributed by atoms with van der Waals surface area (Å²) in [6.07, 6.45) is 32.6. The molecular weight excluding hydrogens is 396 g/mol. The van der Waals surface area contributed by atoms with Crippen LogP contribution in [0.1, 0.15) is 155 Å². The van der Waals surface area contributed by atoms with E-state index in [9.17, 15) is 9.90 Å². The number of aliphatic hydroxyl groups excluding tert-OH is 1. The summed E-state index contributed by atoms with van der Waals surface area (Å²) in [5.41, 5.74) is 0. The Hall–Kier alpha value is -0.830. The number of carbonyl (C=O) groups is 1. The van der Waals surface area contributed by atoms with Crippen LogP contribution in [0, 0.1) is 0 Å². The molecule has 0 amide bonds. The van der Waals surface area contributed by atoms with Gasteiger partial charge in [-0.25, -0.2) is 0 Å². The Bertz CT molecular complexity index is 405. The van der Waals surface area contributed by atoms with Crippen LogP contribution in [0.2, 0.25) is 0 Å². The molecular formula is C29H56O3. The first-order chi connectivity index (χ1) is 15.7. The fourth-order valence-electron chi connectivity index (χ4n) is 4.23. The quantitative estimate of drug-likeness (QED) is 0.0853. The van der Waals surface area contributed by atoms with Gasteiger partial charge < -0.3 is 9.84 Å². The lowest BCUT2D eigenvalue weighted by molar-refractivity contribution is -0.140. The number of ether oxygens (including phenoxy) is 1. The summed E-state index contributed by atoms with van der Waals surface area (Å²) >= 11 is 0. The number of hydrogen-bond acceptors (Lipinski definition) is 3. The van der Waals surface area contributed by atoms with E-state index in [4.69, 9.17) is 0 Å². The lowest BCUT2D eigenvalue weighted by Gasteiger charge is -2.10. The third-order valence-electron chi connectivity index (χ3n) is 6.45. The van der Waals surface area contributed by atoms with Crippen molar-refractivity contribution in [3.05, 3.63) is 12.2 Å². The van der Waals surface area contributed by atoms with Gasteiger partial charge in [0.25, 0.3) is 0 Å².